The van der Waals surface area contributed by atoms with Crippen LogP contribution < -0.4 is 16.6 Å². The number of hydrogen-bond acceptors (Lipinski definition) is 5. The molecule has 186 valence electrons. The minimum Gasteiger partial charge on any atom is -0.324 e. The number of anilines is 1. The monoisotopic (exact) mass is 495 g/mol. The SMILES string of the molecule is Cn1cc(-c2ccc(C#N)cc2)cc(NC(=O)N2CCC(n3nc(-c4ccccc4)[nH]c3=O)CC2)c1=O. The standard InChI is InChI=1S/C27H25N7O3/c1-32-17-21(19-9-7-18(16-28)8-10-19)15-23(25(32)35)29-26(36)33-13-11-22(12-14-33)34-27(37)30-24(31-34)20-5-3-2-4-6-20/h2-10,15,17,22H,11-14H2,1H3,(H,29,36)(H,30,31,37). The molecule has 1 aliphatic heterocycles. The number of amides is 2. The maximum Gasteiger partial charge on any atom is 0.343 e. The Morgan fingerprint density at radius 2 is 1.73 bits per heavy atom. The summed E-state index contributed by atoms with van der Waals surface area (Å²) in [5.74, 6) is 0.517. The van der Waals surface area contributed by atoms with Crippen LogP contribution in [0.15, 0.2) is 76.4 Å². The van der Waals surface area contributed by atoms with Gasteiger partial charge in [-0.05, 0) is 36.6 Å². The Kier molecular flexibility index (Phi) is 6.43. The first-order valence-electron chi connectivity index (χ1n) is 11.9. The minimum absolute atomic E-state index is 0.127. The van der Waals surface area contributed by atoms with Gasteiger partial charge in [0.05, 0.1) is 17.7 Å². The van der Waals surface area contributed by atoms with E-state index in [9.17, 15) is 14.4 Å². The number of benzene rings is 2. The van der Waals surface area contributed by atoms with Crippen LogP contribution in [0.3, 0.4) is 0 Å². The lowest BCUT2D eigenvalue weighted by atomic mass is 10.1. The third-order valence-electron chi connectivity index (χ3n) is 6.56. The van der Waals surface area contributed by atoms with E-state index in [0.29, 0.717) is 37.3 Å². The predicted molar refractivity (Wildman–Crippen MR) is 139 cm³/mol. The smallest absolute Gasteiger partial charge is 0.324 e. The molecule has 0 saturated carbocycles. The van der Waals surface area contributed by atoms with Crippen LogP contribution in [0.1, 0.15) is 24.4 Å². The number of carbonyl (C=O) groups excluding carboxylic acids is 1. The predicted octanol–water partition coefficient (Wildman–Crippen LogP) is 3.34. The number of nitriles is 1. The maximum atomic E-state index is 13.0. The zero-order valence-corrected chi connectivity index (χ0v) is 20.2. The second-order valence-corrected chi connectivity index (χ2v) is 8.99. The van der Waals surface area contributed by atoms with Crippen molar-refractivity contribution < 1.29 is 4.79 Å². The lowest BCUT2D eigenvalue weighted by Crippen LogP contribution is -2.43. The second kappa shape index (κ2) is 9.99. The molecule has 10 nitrogen and oxygen atoms in total. The van der Waals surface area contributed by atoms with Crippen LogP contribution in [0, 0.1) is 11.3 Å². The molecule has 2 aromatic heterocycles. The van der Waals surface area contributed by atoms with E-state index in [4.69, 9.17) is 5.26 Å². The molecule has 0 unspecified atom stereocenters. The van der Waals surface area contributed by atoms with Gasteiger partial charge in [-0.2, -0.15) is 5.26 Å². The molecular formula is C27H25N7O3. The molecule has 0 spiro atoms. The van der Waals surface area contributed by atoms with Crippen molar-refractivity contribution in [2.75, 3.05) is 18.4 Å². The van der Waals surface area contributed by atoms with Gasteiger partial charge in [-0.3, -0.25) is 9.78 Å². The molecule has 0 atom stereocenters. The number of aryl methyl sites for hydroxylation is 1. The summed E-state index contributed by atoms with van der Waals surface area (Å²) >= 11 is 0. The molecule has 0 bridgehead atoms. The summed E-state index contributed by atoms with van der Waals surface area (Å²) in [6.45, 7) is 0.845. The van der Waals surface area contributed by atoms with Gasteiger partial charge in [0.25, 0.3) is 5.56 Å². The Hall–Kier alpha value is -4.91. The lowest BCUT2D eigenvalue weighted by molar-refractivity contribution is 0.179. The van der Waals surface area contributed by atoms with Crippen molar-refractivity contribution in [1.29, 1.82) is 5.26 Å². The number of likely N-dealkylation sites (tertiary alicyclic amines) is 1. The molecule has 3 heterocycles. The molecule has 2 aromatic carbocycles. The average Bonchev–Trinajstić information content (AvgIpc) is 3.33. The zero-order chi connectivity index (χ0) is 25.9. The van der Waals surface area contributed by atoms with E-state index >= 15 is 0 Å². The minimum atomic E-state index is -0.369. The number of hydrogen-bond donors (Lipinski definition) is 2. The van der Waals surface area contributed by atoms with Crippen LogP contribution in [0.2, 0.25) is 0 Å². The molecule has 1 saturated heterocycles. The molecule has 1 aliphatic rings. The fourth-order valence-corrected chi connectivity index (χ4v) is 4.51. The highest BCUT2D eigenvalue weighted by Crippen LogP contribution is 2.24. The Morgan fingerprint density at radius 1 is 1.03 bits per heavy atom. The number of rotatable bonds is 4. The summed E-state index contributed by atoms with van der Waals surface area (Å²) < 4.78 is 2.89. The Labute approximate surface area is 212 Å². The van der Waals surface area contributed by atoms with E-state index in [1.165, 1.54) is 9.25 Å². The zero-order valence-electron chi connectivity index (χ0n) is 20.2. The summed E-state index contributed by atoms with van der Waals surface area (Å²) in [6, 6.07) is 19.7. The topological polar surface area (TPSA) is 129 Å². The average molecular weight is 496 g/mol. The van der Waals surface area contributed by atoms with Crippen LogP contribution in [0.4, 0.5) is 10.5 Å². The van der Waals surface area contributed by atoms with Gasteiger partial charge in [0, 0.05) is 37.5 Å². The van der Waals surface area contributed by atoms with Gasteiger partial charge in [0.1, 0.15) is 5.69 Å². The highest BCUT2D eigenvalue weighted by Gasteiger charge is 2.26. The van der Waals surface area contributed by atoms with E-state index < -0.39 is 0 Å². The molecule has 4 aromatic rings. The molecule has 10 heteroatoms. The number of H-pyrrole nitrogens is 1. The highest BCUT2D eigenvalue weighted by molar-refractivity contribution is 5.90. The van der Waals surface area contributed by atoms with Gasteiger partial charge in [-0.1, -0.05) is 42.5 Å². The summed E-state index contributed by atoms with van der Waals surface area (Å²) in [4.78, 5) is 42.7. The van der Waals surface area contributed by atoms with Crippen LogP contribution in [-0.2, 0) is 7.05 Å². The second-order valence-electron chi connectivity index (χ2n) is 8.99. The molecule has 0 radical (unpaired) electrons. The van der Waals surface area contributed by atoms with E-state index in [1.807, 2.05) is 30.3 Å². The van der Waals surface area contributed by atoms with Crippen molar-refractivity contribution in [1.82, 2.24) is 24.2 Å². The van der Waals surface area contributed by atoms with Crippen molar-refractivity contribution in [3.05, 3.63) is 93.3 Å². The van der Waals surface area contributed by atoms with Crippen molar-refractivity contribution in [3.63, 3.8) is 0 Å². The van der Waals surface area contributed by atoms with Crippen molar-refractivity contribution in [2.45, 2.75) is 18.9 Å². The lowest BCUT2D eigenvalue weighted by Gasteiger charge is -2.31. The number of nitrogens with zero attached hydrogens (tertiary/aromatic N) is 5. The fraction of sp³-hybridized carbons (Fsp3) is 0.222. The largest absolute Gasteiger partial charge is 0.343 e. The number of nitrogens with one attached hydrogen (secondary N) is 2. The third kappa shape index (κ3) is 4.92. The normalized spacial score (nSPS) is 13.8. The Morgan fingerprint density at radius 3 is 2.41 bits per heavy atom. The van der Waals surface area contributed by atoms with E-state index in [0.717, 1.165) is 16.7 Å². The Bertz CT molecular complexity index is 1590. The first-order valence-corrected chi connectivity index (χ1v) is 11.9. The number of aromatic nitrogens is 4. The van der Waals surface area contributed by atoms with E-state index in [1.54, 1.807) is 48.5 Å². The van der Waals surface area contributed by atoms with Gasteiger partial charge < -0.3 is 14.8 Å². The quantitative estimate of drug-likeness (QED) is 0.449. The van der Waals surface area contributed by atoms with Crippen molar-refractivity contribution in [2.24, 2.45) is 7.05 Å². The van der Waals surface area contributed by atoms with Gasteiger partial charge in [-0.25, -0.2) is 14.3 Å². The van der Waals surface area contributed by atoms with E-state index in [-0.39, 0.29) is 29.0 Å². The number of carbonyl (C=O) groups is 1. The molecule has 2 amide bonds. The summed E-state index contributed by atoms with van der Waals surface area (Å²) in [5.41, 5.74) is 2.52. The molecule has 0 aliphatic carbocycles. The van der Waals surface area contributed by atoms with Gasteiger partial charge in [0.2, 0.25) is 0 Å². The first kappa shape index (κ1) is 23.8. The van der Waals surface area contributed by atoms with Crippen LogP contribution in [0.5, 0.6) is 0 Å². The third-order valence-corrected chi connectivity index (χ3v) is 6.56. The van der Waals surface area contributed by atoms with Crippen molar-refractivity contribution in [3.8, 4) is 28.6 Å². The first-order chi connectivity index (χ1) is 17.9. The van der Waals surface area contributed by atoms with Crippen LogP contribution in [0.25, 0.3) is 22.5 Å². The molecule has 37 heavy (non-hydrogen) atoms. The van der Waals surface area contributed by atoms with Gasteiger partial charge >= 0.3 is 11.7 Å². The molecule has 1 fully saturated rings. The van der Waals surface area contributed by atoms with Gasteiger partial charge in [0.15, 0.2) is 5.82 Å². The number of aromatic amines is 1. The number of urea groups is 1. The summed E-state index contributed by atoms with van der Waals surface area (Å²) in [5, 5.41) is 16.3. The molecule has 5 rings (SSSR count). The summed E-state index contributed by atoms with van der Waals surface area (Å²) in [6.07, 6.45) is 2.82. The Balaban J connectivity index is 1.27. The van der Waals surface area contributed by atoms with Crippen LogP contribution >= 0.6 is 0 Å². The van der Waals surface area contributed by atoms with E-state index in [2.05, 4.69) is 21.5 Å². The molecule has 2 N–H and O–H groups in total. The number of pyridine rings is 1. The molecular weight excluding hydrogens is 470 g/mol. The number of piperidine rings is 1. The van der Waals surface area contributed by atoms with Crippen molar-refractivity contribution >= 4 is 11.7 Å². The summed E-state index contributed by atoms with van der Waals surface area (Å²) in [7, 11) is 1.63. The van der Waals surface area contributed by atoms with Gasteiger partial charge in [-0.15, -0.1) is 5.10 Å². The van der Waals surface area contributed by atoms with Crippen LogP contribution in [-0.4, -0.2) is 43.4 Å². The highest BCUT2D eigenvalue weighted by atomic mass is 16.2. The maximum absolute atomic E-state index is 13.0. The fourth-order valence-electron chi connectivity index (χ4n) is 4.51.